The number of allylic oxidation sites excluding steroid dienone is 2. The largest absolute Gasteiger partial charge is 0.378 e. The number of rotatable bonds is 5. The van der Waals surface area contributed by atoms with Crippen LogP contribution in [0.1, 0.15) is 33.3 Å². The van der Waals surface area contributed by atoms with Crippen molar-refractivity contribution >= 4 is 11.6 Å². The number of hydrogen-bond donors (Lipinski definition) is 0. The van der Waals surface area contributed by atoms with Crippen LogP contribution in [0.25, 0.3) is 0 Å². The van der Waals surface area contributed by atoms with E-state index in [-0.39, 0.29) is 17.2 Å². The Balaban J connectivity index is 1.60. The number of anilines is 1. The Morgan fingerprint density at radius 3 is 2.42 bits per heavy atom. The number of nitrogens with zero attached hydrogens (tertiary/aromatic N) is 2. The molecular formula is C22H32N2O2. The summed E-state index contributed by atoms with van der Waals surface area (Å²) in [5.41, 5.74) is 3.77. The summed E-state index contributed by atoms with van der Waals surface area (Å²) in [5.74, 6) is 0.732. The first-order valence-corrected chi connectivity index (χ1v) is 9.62. The highest BCUT2D eigenvalue weighted by atomic mass is 16.5. The molecule has 2 unspecified atom stereocenters. The number of carbonyl (C=O) groups is 1. The van der Waals surface area contributed by atoms with Crippen molar-refractivity contribution in [1.29, 1.82) is 0 Å². The molecule has 2 aliphatic rings. The predicted octanol–water partition coefficient (Wildman–Crippen LogP) is 3.72. The van der Waals surface area contributed by atoms with Crippen molar-refractivity contribution in [3.8, 4) is 0 Å². The molecule has 2 fully saturated rings. The summed E-state index contributed by atoms with van der Waals surface area (Å²) in [6, 6.07) is 8.60. The molecule has 1 saturated heterocycles. The van der Waals surface area contributed by atoms with Gasteiger partial charge in [0.25, 0.3) is 0 Å². The average Bonchev–Trinajstić information content (AvgIpc) is 3.14. The molecule has 1 heterocycles. The fourth-order valence-corrected chi connectivity index (χ4v) is 4.04. The highest BCUT2D eigenvalue weighted by Gasteiger charge is 2.60. The van der Waals surface area contributed by atoms with Gasteiger partial charge in [-0.3, -0.25) is 4.79 Å². The Labute approximate surface area is 157 Å². The van der Waals surface area contributed by atoms with Crippen molar-refractivity contribution in [3.63, 3.8) is 0 Å². The molecule has 1 aliphatic heterocycles. The van der Waals surface area contributed by atoms with Gasteiger partial charge in [0.1, 0.15) is 0 Å². The van der Waals surface area contributed by atoms with Gasteiger partial charge in [-0.2, -0.15) is 0 Å². The van der Waals surface area contributed by atoms with E-state index in [0.717, 1.165) is 26.3 Å². The molecule has 4 nitrogen and oxygen atoms in total. The number of hydrogen-bond acceptors (Lipinski definition) is 3. The van der Waals surface area contributed by atoms with Gasteiger partial charge in [-0.25, -0.2) is 0 Å². The fraction of sp³-hybridized carbons (Fsp3) is 0.591. The third-order valence-electron chi connectivity index (χ3n) is 5.80. The maximum Gasteiger partial charge on any atom is 0.226 e. The molecule has 0 bridgehead atoms. The van der Waals surface area contributed by atoms with E-state index in [4.69, 9.17) is 4.74 Å². The zero-order chi connectivity index (χ0) is 18.9. The molecule has 1 amide bonds. The van der Waals surface area contributed by atoms with Crippen molar-refractivity contribution in [2.45, 2.75) is 34.2 Å². The van der Waals surface area contributed by atoms with Gasteiger partial charge in [-0.05, 0) is 42.9 Å². The van der Waals surface area contributed by atoms with Crippen LogP contribution in [-0.2, 0) is 16.1 Å². The molecule has 0 radical (unpaired) electrons. The summed E-state index contributed by atoms with van der Waals surface area (Å²) in [7, 11) is 1.92. The minimum atomic E-state index is 0.0722. The molecule has 0 N–H and O–H groups in total. The second kappa shape index (κ2) is 7.43. The van der Waals surface area contributed by atoms with E-state index in [0.29, 0.717) is 12.5 Å². The molecule has 1 aromatic rings. The van der Waals surface area contributed by atoms with E-state index in [2.05, 4.69) is 62.9 Å². The van der Waals surface area contributed by atoms with Gasteiger partial charge in [-0.15, -0.1) is 0 Å². The molecule has 0 spiro atoms. The normalized spacial score (nSPS) is 24.1. The van der Waals surface area contributed by atoms with Gasteiger partial charge >= 0.3 is 0 Å². The quantitative estimate of drug-likeness (QED) is 0.754. The molecule has 4 heteroatoms. The van der Waals surface area contributed by atoms with E-state index in [1.54, 1.807) is 0 Å². The molecule has 0 aromatic heterocycles. The topological polar surface area (TPSA) is 32.8 Å². The Morgan fingerprint density at radius 1 is 1.23 bits per heavy atom. The number of morpholine rings is 1. The highest BCUT2D eigenvalue weighted by Crippen LogP contribution is 2.60. The highest BCUT2D eigenvalue weighted by molar-refractivity contribution is 5.83. The van der Waals surface area contributed by atoms with E-state index < -0.39 is 0 Å². The van der Waals surface area contributed by atoms with Crippen molar-refractivity contribution in [2.24, 2.45) is 17.3 Å². The lowest BCUT2D eigenvalue weighted by Crippen LogP contribution is -2.36. The smallest absolute Gasteiger partial charge is 0.226 e. The summed E-state index contributed by atoms with van der Waals surface area (Å²) < 4.78 is 5.41. The number of carbonyl (C=O) groups excluding carboxylic acids is 1. The Morgan fingerprint density at radius 2 is 1.85 bits per heavy atom. The van der Waals surface area contributed by atoms with E-state index >= 15 is 0 Å². The van der Waals surface area contributed by atoms with Crippen molar-refractivity contribution < 1.29 is 9.53 Å². The first kappa shape index (κ1) is 19.0. The number of benzene rings is 1. The zero-order valence-corrected chi connectivity index (χ0v) is 16.8. The van der Waals surface area contributed by atoms with Gasteiger partial charge in [-0.1, -0.05) is 37.6 Å². The van der Waals surface area contributed by atoms with Crippen molar-refractivity contribution in [2.75, 3.05) is 38.3 Å². The summed E-state index contributed by atoms with van der Waals surface area (Å²) in [6.45, 7) is 12.8. The van der Waals surface area contributed by atoms with Crippen molar-refractivity contribution in [1.82, 2.24) is 4.90 Å². The lowest BCUT2D eigenvalue weighted by atomic mass is 10.1. The molecule has 1 aromatic carbocycles. The predicted molar refractivity (Wildman–Crippen MR) is 106 cm³/mol. The second-order valence-electron chi connectivity index (χ2n) is 8.53. The maximum absolute atomic E-state index is 12.9. The minimum absolute atomic E-state index is 0.0722. The van der Waals surface area contributed by atoms with Crippen LogP contribution in [0, 0.1) is 17.3 Å². The summed E-state index contributed by atoms with van der Waals surface area (Å²) in [5, 5.41) is 0. The van der Waals surface area contributed by atoms with Crippen LogP contribution in [0.4, 0.5) is 5.69 Å². The van der Waals surface area contributed by atoms with Gasteiger partial charge in [0, 0.05) is 32.4 Å². The van der Waals surface area contributed by atoms with E-state index in [9.17, 15) is 4.79 Å². The SMILES string of the molecule is CC(C)=CC1C(C(=O)N(C)Cc2ccc(N3CCOCC3)cc2)C1(C)C. The second-order valence-corrected chi connectivity index (χ2v) is 8.53. The summed E-state index contributed by atoms with van der Waals surface area (Å²) in [6.07, 6.45) is 2.26. The van der Waals surface area contributed by atoms with Crippen LogP contribution in [0.3, 0.4) is 0 Å². The molecular weight excluding hydrogens is 324 g/mol. The van der Waals surface area contributed by atoms with Gasteiger partial charge in [0.05, 0.1) is 19.1 Å². The molecule has 3 rings (SSSR count). The van der Waals surface area contributed by atoms with Gasteiger partial charge in [0.2, 0.25) is 5.91 Å². The van der Waals surface area contributed by atoms with Gasteiger partial charge < -0.3 is 14.5 Å². The molecule has 26 heavy (non-hydrogen) atoms. The van der Waals surface area contributed by atoms with E-state index in [1.165, 1.54) is 16.8 Å². The minimum Gasteiger partial charge on any atom is -0.378 e. The van der Waals surface area contributed by atoms with Crippen LogP contribution in [0.5, 0.6) is 0 Å². The van der Waals surface area contributed by atoms with Crippen LogP contribution in [-0.4, -0.2) is 44.2 Å². The Bertz CT molecular complexity index is 668. The van der Waals surface area contributed by atoms with Gasteiger partial charge in [0.15, 0.2) is 0 Å². The van der Waals surface area contributed by atoms with Crippen molar-refractivity contribution in [3.05, 3.63) is 41.5 Å². The third-order valence-corrected chi connectivity index (χ3v) is 5.80. The molecule has 2 atom stereocenters. The standard InChI is InChI=1S/C22H32N2O2/c1-16(2)14-19-20(22(19,3)4)21(25)23(5)15-17-6-8-18(9-7-17)24-10-12-26-13-11-24/h6-9,14,19-20H,10-13,15H2,1-5H3. The molecule has 1 saturated carbocycles. The number of amides is 1. The van der Waals surface area contributed by atoms with Crippen LogP contribution in [0.15, 0.2) is 35.9 Å². The Hall–Kier alpha value is -1.81. The monoisotopic (exact) mass is 356 g/mol. The van der Waals surface area contributed by atoms with E-state index in [1.807, 2.05) is 11.9 Å². The first-order chi connectivity index (χ1) is 12.3. The summed E-state index contributed by atoms with van der Waals surface area (Å²) in [4.78, 5) is 17.1. The first-order valence-electron chi connectivity index (χ1n) is 9.62. The fourth-order valence-electron chi connectivity index (χ4n) is 4.04. The third kappa shape index (κ3) is 3.96. The molecule has 1 aliphatic carbocycles. The average molecular weight is 357 g/mol. The van der Waals surface area contributed by atoms with Crippen LogP contribution < -0.4 is 4.90 Å². The molecule has 142 valence electrons. The maximum atomic E-state index is 12.9. The lowest BCUT2D eigenvalue weighted by molar-refractivity contribution is -0.132. The van der Waals surface area contributed by atoms with Crippen LogP contribution in [0.2, 0.25) is 0 Å². The zero-order valence-electron chi connectivity index (χ0n) is 16.8. The Kier molecular flexibility index (Phi) is 5.42. The van der Waals surface area contributed by atoms with Crippen LogP contribution >= 0.6 is 0 Å². The summed E-state index contributed by atoms with van der Waals surface area (Å²) >= 11 is 0. The number of ether oxygens (including phenoxy) is 1. The lowest BCUT2D eigenvalue weighted by Gasteiger charge is -2.29.